The topological polar surface area (TPSA) is 27.1 Å². The average molecular weight is 285 g/mol. The zero-order chi connectivity index (χ0) is 13.0. The predicted molar refractivity (Wildman–Crippen MR) is 73.4 cm³/mol. The van der Waals surface area contributed by atoms with Gasteiger partial charge < -0.3 is 4.74 Å². The summed E-state index contributed by atoms with van der Waals surface area (Å²) in [5.74, 6) is 1.14. The third kappa shape index (κ3) is 3.40. The number of benzene rings is 1. The molecule has 18 heavy (non-hydrogen) atoms. The standard InChI is InChI=1S/C13H14Cl2N2O/c1-17-9-11(8-16-17)4-5-18-13-3-2-10(7-14)6-12(13)15/h2-3,6,8-9H,4-5,7H2,1H3. The fourth-order valence-electron chi connectivity index (χ4n) is 1.62. The molecule has 0 saturated carbocycles. The van der Waals surface area contributed by atoms with Crippen LogP contribution >= 0.6 is 23.2 Å². The lowest BCUT2D eigenvalue weighted by molar-refractivity contribution is 0.322. The third-order valence-corrected chi connectivity index (χ3v) is 3.16. The van der Waals surface area contributed by atoms with Gasteiger partial charge in [0.15, 0.2) is 0 Å². The van der Waals surface area contributed by atoms with Crippen molar-refractivity contribution in [2.45, 2.75) is 12.3 Å². The van der Waals surface area contributed by atoms with Crippen LogP contribution < -0.4 is 4.74 Å². The maximum atomic E-state index is 6.09. The number of alkyl halides is 1. The molecule has 0 radical (unpaired) electrons. The Labute approximate surface area is 116 Å². The van der Waals surface area contributed by atoms with Crippen LogP contribution in [0.25, 0.3) is 0 Å². The summed E-state index contributed by atoms with van der Waals surface area (Å²) in [6.45, 7) is 0.575. The Morgan fingerprint density at radius 3 is 2.78 bits per heavy atom. The first-order chi connectivity index (χ1) is 8.69. The Kier molecular flexibility index (Phi) is 4.50. The van der Waals surface area contributed by atoms with Gasteiger partial charge in [-0.25, -0.2) is 0 Å². The highest BCUT2D eigenvalue weighted by atomic mass is 35.5. The van der Waals surface area contributed by atoms with Crippen molar-refractivity contribution >= 4 is 23.2 Å². The summed E-state index contributed by atoms with van der Waals surface area (Å²) in [5, 5.41) is 4.70. The number of aryl methyl sites for hydroxylation is 1. The minimum absolute atomic E-state index is 0.454. The lowest BCUT2D eigenvalue weighted by atomic mass is 10.2. The third-order valence-electron chi connectivity index (χ3n) is 2.56. The van der Waals surface area contributed by atoms with Gasteiger partial charge in [0, 0.05) is 25.5 Å². The first-order valence-corrected chi connectivity index (χ1v) is 6.55. The van der Waals surface area contributed by atoms with Crippen LogP contribution in [-0.4, -0.2) is 16.4 Å². The molecular formula is C13H14Cl2N2O. The zero-order valence-electron chi connectivity index (χ0n) is 10.1. The number of halogens is 2. The molecule has 96 valence electrons. The molecule has 2 aromatic rings. The molecule has 3 nitrogen and oxygen atoms in total. The normalized spacial score (nSPS) is 10.6. The summed E-state index contributed by atoms with van der Waals surface area (Å²) in [5.41, 5.74) is 2.13. The van der Waals surface area contributed by atoms with Crippen LogP contribution in [0, 0.1) is 0 Å². The summed E-state index contributed by atoms with van der Waals surface area (Å²) in [7, 11) is 1.89. The predicted octanol–water partition coefficient (Wildman–Crippen LogP) is 3.43. The van der Waals surface area contributed by atoms with Gasteiger partial charge in [0.1, 0.15) is 5.75 Å². The van der Waals surface area contributed by atoms with Gasteiger partial charge in [-0.3, -0.25) is 4.68 Å². The van der Waals surface area contributed by atoms with Crippen molar-refractivity contribution in [3.8, 4) is 5.75 Å². The maximum Gasteiger partial charge on any atom is 0.137 e. The molecule has 0 unspecified atom stereocenters. The van der Waals surface area contributed by atoms with Crippen LogP contribution in [0.2, 0.25) is 5.02 Å². The number of aromatic nitrogens is 2. The highest BCUT2D eigenvalue weighted by molar-refractivity contribution is 6.32. The minimum Gasteiger partial charge on any atom is -0.492 e. The van der Waals surface area contributed by atoms with Crippen LogP contribution in [0.15, 0.2) is 30.6 Å². The molecule has 0 N–H and O–H groups in total. The molecule has 0 fully saturated rings. The smallest absolute Gasteiger partial charge is 0.137 e. The molecular weight excluding hydrogens is 271 g/mol. The van der Waals surface area contributed by atoms with Crippen molar-refractivity contribution in [3.63, 3.8) is 0 Å². The minimum atomic E-state index is 0.454. The van der Waals surface area contributed by atoms with Crippen molar-refractivity contribution in [1.82, 2.24) is 9.78 Å². The van der Waals surface area contributed by atoms with Crippen molar-refractivity contribution < 1.29 is 4.74 Å². The summed E-state index contributed by atoms with van der Waals surface area (Å²) in [6.07, 6.45) is 4.62. The van der Waals surface area contributed by atoms with Gasteiger partial charge in [0.25, 0.3) is 0 Å². The van der Waals surface area contributed by atoms with Gasteiger partial charge in [-0.15, -0.1) is 11.6 Å². The second kappa shape index (κ2) is 6.12. The first-order valence-electron chi connectivity index (χ1n) is 5.64. The Morgan fingerprint density at radius 1 is 1.33 bits per heavy atom. The lowest BCUT2D eigenvalue weighted by Crippen LogP contribution is -2.01. The molecule has 0 saturated heterocycles. The average Bonchev–Trinajstić information content (AvgIpc) is 2.77. The molecule has 1 heterocycles. The van der Waals surface area contributed by atoms with Crippen LogP contribution in [-0.2, 0) is 19.3 Å². The summed E-state index contributed by atoms with van der Waals surface area (Å²) in [6, 6.07) is 5.59. The Hall–Kier alpha value is -1.19. The maximum absolute atomic E-state index is 6.09. The number of hydrogen-bond acceptors (Lipinski definition) is 2. The van der Waals surface area contributed by atoms with E-state index in [1.165, 1.54) is 0 Å². The van der Waals surface area contributed by atoms with Crippen LogP contribution in [0.3, 0.4) is 0 Å². The second-order valence-corrected chi connectivity index (χ2v) is 4.69. The Balaban J connectivity index is 1.90. The molecule has 0 aliphatic carbocycles. The van der Waals surface area contributed by atoms with Gasteiger partial charge in [-0.1, -0.05) is 17.7 Å². The monoisotopic (exact) mass is 284 g/mol. The SMILES string of the molecule is Cn1cc(CCOc2ccc(CCl)cc2Cl)cn1. The van der Waals surface area contributed by atoms with Crippen LogP contribution in [0.1, 0.15) is 11.1 Å². The molecule has 1 aromatic heterocycles. The summed E-state index contributed by atoms with van der Waals surface area (Å²) < 4.78 is 7.41. The summed E-state index contributed by atoms with van der Waals surface area (Å²) in [4.78, 5) is 0. The van der Waals surface area contributed by atoms with Crippen LogP contribution in [0.5, 0.6) is 5.75 Å². The van der Waals surface area contributed by atoms with Gasteiger partial charge in [0.2, 0.25) is 0 Å². The van der Waals surface area contributed by atoms with Crippen molar-refractivity contribution in [3.05, 3.63) is 46.7 Å². The quantitative estimate of drug-likeness (QED) is 0.787. The Morgan fingerprint density at radius 2 is 2.17 bits per heavy atom. The second-order valence-electron chi connectivity index (χ2n) is 4.02. The van der Waals surface area contributed by atoms with E-state index in [4.69, 9.17) is 27.9 Å². The van der Waals surface area contributed by atoms with Crippen molar-refractivity contribution in [1.29, 1.82) is 0 Å². The van der Waals surface area contributed by atoms with Gasteiger partial charge >= 0.3 is 0 Å². The lowest BCUT2D eigenvalue weighted by Gasteiger charge is -2.08. The molecule has 0 bridgehead atoms. The number of ether oxygens (including phenoxy) is 1. The fraction of sp³-hybridized carbons (Fsp3) is 0.308. The zero-order valence-corrected chi connectivity index (χ0v) is 11.6. The fourth-order valence-corrected chi connectivity index (χ4v) is 2.05. The highest BCUT2D eigenvalue weighted by Crippen LogP contribution is 2.26. The van der Waals surface area contributed by atoms with E-state index in [0.29, 0.717) is 23.3 Å². The van der Waals surface area contributed by atoms with E-state index in [9.17, 15) is 0 Å². The molecule has 5 heteroatoms. The summed E-state index contributed by atoms with van der Waals surface area (Å²) >= 11 is 11.8. The molecule has 0 aliphatic heterocycles. The molecule has 0 amide bonds. The Bertz CT molecular complexity index is 525. The van der Waals surface area contributed by atoms with E-state index in [1.54, 1.807) is 4.68 Å². The van der Waals surface area contributed by atoms with Crippen molar-refractivity contribution in [2.75, 3.05) is 6.61 Å². The van der Waals surface area contributed by atoms with E-state index in [1.807, 2.05) is 37.6 Å². The number of hydrogen-bond donors (Lipinski definition) is 0. The molecule has 0 spiro atoms. The van der Waals surface area contributed by atoms with Crippen LogP contribution in [0.4, 0.5) is 0 Å². The van der Waals surface area contributed by atoms with Crippen molar-refractivity contribution in [2.24, 2.45) is 7.05 Å². The molecule has 1 aromatic carbocycles. The number of rotatable bonds is 5. The van der Waals surface area contributed by atoms with E-state index in [0.717, 1.165) is 17.5 Å². The van der Waals surface area contributed by atoms with E-state index >= 15 is 0 Å². The highest BCUT2D eigenvalue weighted by Gasteiger charge is 2.03. The molecule has 0 aliphatic rings. The first kappa shape index (κ1) is 13.2. The van der Waals surface area contributed by atoms with Gasteiger partial charge in [0.05, 0.1) is 17.8 Å². The number of nitrogens with zero attached hydrogens (tertiary/aromatic N) is 2. The van der Waals surface area contributed by atoms with E-state index < -0.39 is 0 Å². The van der Waals surface area contributed by atoms with Gasteiger partial charge in [-0.05, 0) is 23.3 Å². The molecule has 2 rings (SSSR count). The van der Waals surface area contributed by atoms with E-state index in [-0.39, 0.29) is 0 Å². The molecule has 0 atom stereocenters. The van der Waals surface area contributed by atoms with Gasteiger partial charge in [-0.2, -0.15) is 5.10 Å². The van der Waals surface area contributed by atoms with E-state index in [2.05, 4.69) is 5.10 Å². The largest absolute Gasteiger partial charge is 0.492 e.